The minimum atomic E-state index is -0.103. The maximum atomic E-state index is 12.3. The number of amides is 1. The smallest absolute Gasteiger partial charge is 0.272 e. The van der Waals surface area contributed by atoms with Crippen molar-refractivity contribution in [2.24, 2.45) is 17.8 Å². The van der Waals surface area contributed by atoms with Gasteiger partial charge in [0.2, 0.25) is 0 Å². The molecule has 1 heterocycles. The van der Waals surface area contributed by atoms with E-state index in [1.165, 1.54) is 0 Å². The van der Waals surface area contributed by atoms with Gasteiger partial charge in [0, 0.05) is 11.9 Å². The van der Waals surface area contributed by atoms with Crippen LogP contribution in [0.4, 0.5) is 0 Å². The van der Waals surface area contributed by atoms with Crippen LogP contribution in [0.1, 0.15) is 38.2 Å². The average Bonchev–Trinajstić information content (AvgIpc) is 2.81. The molecule has 0 saturated carbocycles. The van der Waals surface area contributed by atoms with Crippen LogP contribution in [-0.4, -0.2) is 22.6 Å². The van der Waals surface area contributed by atoms with E-state index < -0.39 is 0 Å². The van der Waals surface area contributed by atoms with Crippen molar-refractivity contribution in [3.63, 3.8) is 0 Å². The van der Waals surface area contributed by atoms with Gasteiger partial charge >= 0.3 is 0 Å². The van der Waals surface area contributed by atoms with E-state index in [2.05, 4.69) is 43.2 Å². The summed E-state index contributed by atoms with van der Waals surface area (Å²) >= 11 is 0. The quantitative estimate of drug-likeness (QED) is 0.878. The highest BCUT2D eigenvalue weighted by molar-refractivity contribution is 6.04. The molecule has 1 aromatic carbocycles. The first-order chi connectivity index (χ1) is 9.50. The van der Waals surface area contributed by atoms with Gasteiger partial charge in [-0.05, 0) is 23.8 Å². The van der Waals surface area contributed by atoms with Gasteiger partial charge in [0.25, 0.3) is 5.91 Å². The van der Waals surface area contributed by atoms with Crippen molar-refractivity contribution in [1.29, 1.82) is 0 Å². The molecule has 0 spiro atoms. The minimum Gasteiger partial charge on any atom is -0.350 e. The zero-order valence-electron chi connectivity index (χ0n) is 12.6. The van der Waals surface area contributed by atoms with E-state index in [1.54, 1.807) is 0 Å². The van der Waals surface area contributed by atoms with E-state index in [1.807, 2.05) is 24.3 Å². The van der Waals surface area contributed by atoms with Crippen LogP contribution in [0.2, 0.25) is 0 Å². The molecule has 0 aliphatic heterocycles. The number of aromatic nitrogens is 2. The van der Waals surface area contributed by atoms with Gasteiger partial charge in [0.05, 0.1) is 5.52 Å². The number of fused-ring (bicyclic) bond motifs is 1. The Kier molecular flexibility index (Phi) is 4.42. The first-order valence-corrected chi connectivity index (χ1v) is 7.22. The van der Waals surface area contributed by atoms with Crippen LogP contribution in [0, 0.1) is 17.8 Å². The minimum absolute atomic E-state index is 0.103. The first-order valence-electron chi connectivity index (χ1n) is 7.22. The van der Waals surface area contributed by atoms with Crippen molar-refractivity contribution in [3.8, 4) is 0 Å². The van der Waals surface area contributed by atoms with Gasteiger partial charge in [0.15, 0.2) is 5.69 Å². The van der Waals surface area contributed by atoms with E-state index in [0.717, 1.165) is 10.9 Å². The van der Waals surface area contributed by atoms with E-state index >= 15 is 0 Å². The number of hydrogen-bond acceptors (Lipinski definition) is 2. The molecule has 1 aromatic heterocycles. The molecule has 108 valence electrons. The van der Waals surface area contributed by atoms with Gasteiger partial charge in [-0.15, -0.1) is 0 Å². The van der Waals surface area contributed by atoms with Gasteiger partial charge in [0.1, 0.15) is 0 Å². The Morgan fingerprint density at radius 3 is 2.50 bits per heavy atom. The van der Waals surface area contributed by atoms with Crippen LogP contribution in [0.5, 0.6) is 0 Å². The summed E-state index contributed by atoms with van der Waals surface area (Å²) < 4.78 is 0. The fourth-order valence-electron chi connectivity index (χ4n) is 2.67. The van der Waals surface area contributed by atoms with Crippen molar-refractivity contribution in [2.75, 3.05) is 6.54 Å². The van der Waals surface area contributed by atoms with Crippen molar-refractivity contribution in [1.82, 2.24) is 15.5 Å². The standard InChI is InChI=1S/C16H23N3O/c1-10(2)13(11(3)4)9-17-16(20)15-12-7-5-6-8-14(12)18-19-15/h5-8,10-11,13H,9H2,1-4H3,(H,17,20)(H,18,19). The number of H-pyrrole nitrogens is 1. The van der Waals surface area contributed by atoms with Crippen molar-refractivity contribution in [2.45, 2.75) is 27.7 Å². The maximum absolute atomic E-state index is 12.3. The summed E-state index contributed by atoms with van der Waals surface area (Å²) in [5.74, 6) is 1.47. The maximum Gasteiger partial charge on any atom is 0.272 e. The molecular formula is C16H23N3O. The molecule has 2 aromatic rings. The number of para-hydroxylation sites is 1. The molecule has 20 heavy (non-hydrogen) atoms. The van der Waals surface area contributed by atoms with Gasteiger partial charge in [-0.2, -0.15) is 5.10 Å². The van der Waals surface area contributed by atoms with E-state index in [9.17, 15) is 4.79 Å². The highest BCUT2D eigenvalue weighted by atomic mass is 16.1. The summed E-state index contributed by atoms with van der Waals surface area (Å²) in [5.41, 5.74) is 1.37. The number of nitrogens with zero attached hydrogens (tertiary/aromatic N) is 1. The molecule has 2 N–H and O–H groups in total. The van der Waals surface area contributed by atoms with Crippen molar-refractivity contribution < 1.29 is 4.79 Å². The van der Waals surface area contributed by atoms with Crippen LogP contribution in [0.25, 0.3) is 10.9 Å². The summed E-state index contributed by atoms with van der Waals surface area (Å²) in [5, 5.41) is 10.9. The van der Waals surface area contributed by atoms with Gasteiger partial charge < -0.3 is 5.32 Å². The van der Waals surface area contributed by atoms with E-state index in [4.69, 9.17) is 0 Å². The number of benzene rings is 1. The predicted octanol–water partition coefficient (Wildman–Crippen LogP) is 3.22. The molecule has 0 radical (unpaired) electrons. The summed E-state index contributed by atoms with van der Waals surface area (Å²) in [6, 6.07) is 7.68. The second kappa shape index (κ2) is 6.07. The first kappa shape index (κ1) is 14.6. The molecule has 0 aliphatic rings. The molecule has 0 atom stereocenters. The SMILES string of the molecule is CC(C)C(CNC(=O)c1n[nH]c2ccccc12)C(C)C. The number of carbonyl (C=O) groups excluding carboxylic acids is 1. The number of aromatic amines is 1. The zero-order chi connectivity index (χ0) is 14.7. The largest absolute Gasteiger partial charge is 0.350 e. The molecule has 0 unspecified atom stereocenters. The molecule has 1 amide bonds. The van der Waals surface area contributed by atoms with E-state index in [0.29, 0.717) is 30.0 Å². The van der Waals surface area contributed by atoms with Crippen LogP contribution >= 0.6 is 0 Å². The fraction of sp³-hybridized carbons (Fsp3) is 0.500. The molecule has 0 fully saturated rings. The zero-order valence-corrected chi connectivity index (χ0v) is 12.6. The lowest BCUT2D eigenvalue weighted by atomic mass is 9.85. The van der Waals surface area contributed by atoms with Crippen LogP contribution in [-0.2, 0) is 0 Å². The van der Waals surface area contributed by atoms with Crippen LogP contribution in [0.3, 0.4) is 0 Å². The normalized spacial score (nSPS) is 11.8. The Morgan fingerprint density at radius 1 is 1.20 bits per heavy atom. The number of nitrogens with one attached hydrogen (secondary N) is 2. The Bertz CT molecular complexity index is 578. The number of carbonyl (C=O) groups is 1. The van der Waals surface area contributed by atoms with Gasteiger partial charge in [-0.1, -0.05) is 45.9 Å². The number of hydrogen-bond donors (Lipinski definition) is 2. The predicted molar refractivity (Wildman–Crippen MR) is 81.6 cm³/mol. The Balaban J connectivity index is 2.09. The third-order valence-corrected chi connectivity index (χ3v) is 3.90. The summed E-state index contributed by atoms with van der Waals surface area (Å²) in [7, 11) is 0. The molecule has 2 rings (SSSR count). The topological polar surface area (TPSA) is 57.8 Å². The second-order valence-corrected chi connectivity index (χ2v) is 5.98. The fourth-order valence-corrected chi connectivity index (χ4v) is 2.67. The van der Waals surface area contributed by atoms with Crippen LogP contribution < -0.4 is 5.32 Å². The van der Waals surface area contributed by atoms with Crippen molar-refractivity contribution >= 4 is 16.8 Å². The Morgan fingerprint density at radius 2 is 1.85 bits per heavy atom. The van der Waals surface area contributed by atoms with E-state index in [-0.39, 0.29) is 5.91 Å². The molecule has 0 aliphatic carbocycles. The molecule has 4 heteroatoms. The molecule has 4 nitrogen and oxygen atoms in total. The molecule has 0 bridgehead atoms. The third kappa shape index (κ3) is 3.00. The Labute approximate surface area is 120 Å². The highest BCUT2D eigenvalue weighted by Crippen LogP contribution is 2.20. The lowest BCUT2D eigenvalue weighted by Gasteiger charge is -2.24. The summed E-state index contributed by atoms with van der Waals surface area (Å²) in [4.78, 5) is 12.3. The molecular weight excluding hydrogens is 250 g/mol. The lowest BCUT2D eigenvalue weighted by Crippen LogP contribution is -2.34. The van der Waals surface area contributed by atoms with Crippen molar-refractivity contribution in [3.05, 3.63) is 30.0 Å². The lowest BCUT2D eigenvalue weighted by molar-refractivity contribution is 0.0934. The highest BCUT2D eigenvalue weighted by Gasteiger charge is 2.20. The third-order valence-electron chi connectivity index (χ3n) is 3.90. The second-order valence-electron chi connectivity index (χ2n) is 5.98. The number of rotatable bonds is 5. The average molecular weight is 273 g/mol. The molecule has 0 saturated heterocycles. The van der Waals surface area contributed by atoms with Gasteiger partial charge in [-0.3, -0.25) is 9.89 Å². The summed E-state index contributed by atoms with van der Waals surface area (Å²) in [6.07, 6.45) is 0. The monoisotopic (exact) mass is 273 g/mol. The van der Waals surface area contributed by atoms with Crippen LogP contribution in [0.15, 0.2) is 24.3 Å². The van der Waals surface area contributed by atoms with Gasteiger partial charge in [-0.25, -0.2) is 0 Å². The Hall–Kier alpha value is -1.84. The summed E-state index contributed by atoms with van der Waals surface area (Å²) in [6.45, 7) is 9.47.